The summed E-state index contributed by atoms with van der Waals surface area (Å²) in [5.41, 5.74) is 2.13. The van der Waals surface area contributed by atoms with Crippen molar-refractivity contribution in [3.8, 4) is 0 Å². The molecule has 0 radical (unpaired) electrons. The summed E-state index contributed by atoms with van der Waals surface area (Å²) in [6.07, 6.45) is 8.38. The number of piperidine rings is 1. The Bertz CT molecular complexity index is 474. The molecule has 3 rings (SSSR count). The van der Waals surface area contributed by atoms with Crippen molar-refractivity contribution in [2.75, 3.05) is 13.1 Å². The molecule has 0 unspecified atom stereocenters. The first-order chi connectivity index (χ1) is 10.3. The van der Waals surface area contributed by atoms with E-state index in [1.54, 1.807) is 0 Å². The first-order valence-electron chi connectivity index (χ1n) is 8.42. The maximum absolute atomic E-state index is 12.3. The molecule has 0 atom stereocenters. The van der Waals surface area contributed by atoms with E-state index >= 15 is 0 Å². The van der Waals surface area contributed by atoms with Gasteiger partial charge in [0.1, 0.15) is 0 Å². The van der Waals surface area contributed by atoms with Crippen LogP contribution in [-0.2, 0) is 6.42 Å². The Morgan fingerprint density at radius 2 is 1.90 bits per heavy atom. The van der Waals surface area contributed by atoms with Gasteiger partial charge in [-0.2, -0.15) is 0 Å². The highest BCUT2D eigenvalue weighted by atomic mass is 16.1. The van der Waals surface area contributed by atoms with Crippen LogP contribution in [0.25, 0.3) is 0 Å². The molecule has 3 nitrogen and oxygen atoms in total. The first kappa shape index (κ1) is 14.6. The Hall–Kier alpha value is -1.35. The van der Waals surface area contributed by atoms with Crippen LogP contribution in [-0.4, -0.2) is 25.0 Å². The van der Waals surface area contributed by atoms with Crippen LogP contribution in [0.15, 0.2) is 24.3 Å². The second kappa shape index (κ2) is 7.08. The van der Waals surface area contributed by atoms with Gasteiger partial charge in [0.05, 0.1) is 0 Å². The van der Waals surface area contributed by atoms with Gasteiger partial charge < -0.3 is 10.6 Å². The Morgan fingerprint density at radius 3 is 2.67 bits per heavy atom. The zero-order valence-corrected chi connectivity index (χ0v) is 12.7. The molecule has 0 bridgehead atoms. The summed E-state index contributed by atoms with van der Waals surface area (Å²) < 4.78 is 0. The van der Waals surface area contributed by atoms with Crippen LogP contribution in [0.2, 0.25) is 0 Å². The molecule has 2 fully saturated rings. The van der Waals surface area contributed by atoms with Gasteiger partial charge >= 0.3 is 0 Å². The van der Waals surface area contributed by atoms with Crippen molar-refractivity contribution >= 4 is 5.91 Å². The standard InChI is InChI=1S/C18H26N2O/c21-18(20-17-6-1-2-7-17)16-5-3-4-15(13-16)12-14-8-10-19-11-9-14/h3-5,13-14,17,19H,1-2,6-12H2,(H,20,21). The van der Waals surface area contributed by atoms with Gasteiger partial charge in [-0.3, -0.25) is 4.79 Å². The lowest BCUT2D eigenvalue weighted by Crippen LogP contribution is -2.32. The fraction of sp³-hybridized carbons (Fsp3) is 0.611. The molecule has 0 aromatic heterocycles. The van der Waals surface area contributed by atoms with Crippen LogP contribution in [0.1, 0.15) is 54.4 Å². The molecular weight excluding hydrogens is 260 g/mol. The minimum Gasteiger partial charge on any atom is -0.349 e. The quantitative estimate of drug-likeness (QED) is 0.893. The summed E-state index contributed by atoms with van der Waals surface area (Å²) in [7, 11) is 0. The van der Waals surface area contributed by atoms with E-state index in [0.29, 0.717) is 6.04 Å². The maximum Gasteiger partial charge on any atom is 0.251 e. The van der Waals surface area contributed by atoms with Crippen molar-refractivity contribution < 1.29 is 4.79 Å². The fourth-order valence-corrected chi connectivity index (χ4v) is 3.60. The van der Waals surface area contributed by atoms with Crippen LogP contribution in [0.5, 0.6) is 0 Å². The number of hydrogen-bond acceptors (Lipinski definition) is 2. The van der Waals surface area contributed by atoms with E-state index in [4.69, 9.17) is 0 Å². The van der Waals surface area contributed by atoms with Crippen molar-refractivity contribution in [1.82, 2.24) is 10.6 Å². The highest BCUT2D eigenvalue weighted by Gasteiger charge is 2.18. The van der Waals surface area contributed by atoms with E-state index in [0.717, 1.165) is 43.8 Å². The Kier molecular flexibility index (Phi) is 4.91. The highest BCUT2D eigenvalue weighted by Crippen LogP contribution is 2.20. The summed E-state index contributed by atoms with van der Waals surface area (Å²) >= 11 is 0. The van der Waals surface area contributed by atoms with E-state index in [-0.39, 0.29) is 5.91 Å². The molecule has 1 heterocycles. The summed E-state index contributed by atoms with van der Waals surface area (Å²) in [6, 6.07) is 8.61. The Balaban J connectivity index is 1.60. The number of rotatable bonds is 4. The van der Waals surface area contributed by atoms with E-state index in [1.165, 1.54) is 31.2 Å². The zero-order valence-electron chi connectivity index (χ0n) is 12.7. The van der Waals surface area contributed by atoms with Crippen molar-refractivity contribution in [3.05, 3.63) is 35.4 Å². The van der Waals surface area contributed by atoms with Crippen LogP contribution >= 0.6 is 0 Å². The fourth-order valence-electron chi connectivity index (χ4n) is 3.60. The van der Waals surface area contributed by atoms with Gasteiger partial charge in [0.15, 0.2) is 0 Å². The second-order valence-electron chi connectivity index (χ2n) is 6.55. The molecule has 1 aliphatic heterocycles. The van der Waals surface area contributed by atoms with E-state index in [2.05, 4.69) is 22.8 Å². The highest BCUT2D eigenvalue weighted by molar-refractivity contribution is 5.94. The number of benzene rings is 1. The smallest absolute Gasteiger partial charge is 0.251 e. The zero-order chi connectivity index (χ0) is 14.5. The summed E-state index contributed by atoms with van der Waals surface area (Å²) in [5.74, 6) is 0.869. The minimum atomic E-state index is 0.106. The SMILES string of the molecule is O=C(NC1CCCC1)c1cccc(CC2CCNCC2)c1. The third-order valence-corrected chi connectivity index (χ3v) is 4.86. The van der Waals surface area contributed by atoms with Crippen molar-refractivity contribution in [2.24, 2.45) is 5.92 Å². The largest absolute Gasteiger partial charge is 0.349 e. The molecule has 2 aliphatic rings. The molecule has 1 saturated carbocycles. The van der Waals surface area contributed by atoms with E-state index < -0.39 is 0 Å². The molecule has 2 N–H and O–H groups in total. The van der Waals surface area contributed by atoms with Crippen LogP contribution < -0.4 is 10.6 Å². The summed E-state index contributed by atoms with van der Waals surface area (Å²) in [5, 5.41) is 6.58. The van der Waals surface area contributed by atoms with Gasteiger partial charge in [-0.25, -0.2) is 0 Å². The Labute approximate surface area is 127 Å². The van der Waals surface area contributed by atoms with Crippen molar-refractivity contribution in [3.63, 3.8) is 0 Å². The third-order valence-electron chi connectivity index (χ3n) is 4.86. The molecule has 1 aromatic carbocycles. The average molecular weight is 286 g/mol. The average Bonchev–Trinajstić information content (AvgIpc) is 3.01. The molecule has 1 saturated heterocycles. The monoisotopic (exact) mass is 286 g/mol. The van der Waals surface area contributed by atoms with Gasteiger partial charge in [0.25, 0.3) is 5.91 Å². The molecule has 0 spiro atoms. The topological polar surface area (TPSA) is 41.1 Å². The van der Waals surface area contributed by atoms with Crippen LogP contribution in [0.4, 0.5) is 0 Å². The minimum absolute atomic E-state index is 0.106. The van der Waals surface area contributed by atoms with Crippen LogP contribution in [0.3, 0.4) is 0 Å². The van der Waals surface area contributed by atoms with Crippen LogP contribution in [0, 0.1) is 5.92 Å². The Morgan fingerprint density at radius 1 is 1.14 bits per heavy atom. The summed E-state index contributed by atoms with van der Waals surface area (Å²) in [6.45, 7) is 2.26. The molecule has 1 aromatic rings. The lowest BCUT2D eigenvalue weighted by Gasteiger charge is -2.22. The normalized spacial score (nSPS) is 20.6. The first-order valence-corrected chi connectivity index (χ1v) is 8.42. The van der Waals surface area contributed by atoms with Gasteiger partial charge in [-0.05, 0) is 68.8 Å². The second-order valence-corrected chi connectivity index (χ2v) is 6.55. The number of carbonyl (C=O) groups is 1. The number of amides is 1. The molecule has 21 heavy (non-hydrogen) atoms. The van der Waals surface area contributed by atoms with E-state index in [9.17, 15) is 4.79 Å². The molecule has 1 amide bonds. The van der Waals surface area contributed by atoms with E-state index in [1.807, 2.05) is 12.1 Å². The molecule has 1 aliphatic carbocycles. The predicted molar refractivity (Wildman–Crippen MR) is 85.5 cm³/mol. The van der Waals surface area contributed by atoms with Gasteiger partial charge in [-0.15, -0.1) is 0 Å². The van der Waals surface area contributed by atoms with Crippen molar-refractivity contribution in [1.29, 1.82) is 0 Å². The predicted octanol–water partition coefficient (Wildman–Crippen LogP) is 2.90. The molecule has 114 valence electrons. The molecule has 3 heteroatoms. The maximum atomic E-state index is 12.3. The number of carbonyl (C=O) groups excluding carboxylic acids is 1. The third kappa shape index (κ3) is 4.07. The lowest BCUT2D eigenvalue weighted by molar-refractivity contribution is 0.0937. The number of nitrogens with one attached hydrogen (secondary N) is 2. The number of hydrogen-bond donors (Lipinski definition) is 2. The van der Waals surface area contributed by atoms with Gasteiger partial charge in [-0.1, -0.05) is 25.0 Å². The van der Waals surface area contributed by atoms with Crippen molar-refractivity contribution in [2.45, 2.75) is 51.0 Å². The summed E-state index contributed by atoms with van der Waals surface area (Å²) in [4.78, 5) is 12.3. The molecular formula is C18H26N2O. The van der Waals surface area contributed by atoms with Gasteiger partial charge in [0.2, 0.25) is 0 Å². The lowest BCUT2D eigenvalue weighted by atomic mass is 9.90. The van der Waals surface area contributed by atoms with Gasteiger partial charge in [0, 0.05) is 11.6 Å².